The smallest absolute Gasteiger partial charge is 0.170 e. The van der Waals surface area contributed by atoms with E-state index >= 15 is 0 Å². The van der Waals surface area contributed by atoms with Crippen molar-refractivity contribution >= 4 is 23.0 Å². The van der Waals surface area contributed by atoms with Crippen LogP contribution in [0.15, 0.2) is 48.5 Å². The van der Waals surface area contributed by atoms with Gasteiger partial charge < -0.3 is 10.6 Å². The quantitative estimate of drug-likeness (QED) is 0.641. The predicted octanol–water partition coefficient (Wildman–Crippen LogP) is 3.56. The molecule has 5 heteroatoms. The number of nitrogens with one attached hydrogen (secondary N) is 2. The summed E-state index contributed by atoms with van der Waals surface area (Å²) in [5.41, 5.74) is 3.32. The van der Waals surface area contributed by atoms with Gasteiger partial charge in [-0.1, -0.05) is 36.4 Å². The summed E-state index contributed by atoms with van der Waals surface area (Å²) in [7, 11) is 0. The van der Waals surface area contributed by atoms with Gasteiger partial charge in [0.1, 0.15) is 5.82 Å². The van der Waals surface area contributed by atoms with E-state index in [0.29, 0.717) is 10.8 Å². The molecule has 2 N–H and O–H groups in total. The first-order valence-corrected chi connectivity index (χ1v) is 8.72. The highest BCUT2D eigenvalue weighted by atomic mass is 32.1. The molecule has 3 nitrogen and oxygen atoms in total. The number of benzene rings is 2. The van der Waals surface area contributed by atoms with Crippen molar-refractivity contribution in [3.05, 3.63) is 65.5 Å². The van der Waals surface area contributed by atoms with Crippen molar-refractivity contribution < 1.29 is 4.39 Å². The van der Waals surface area contributed by atoms with Crippen molar-refractivity contribution in [2.24, 2.45) is 0 Å². The third kappa shape index (κ3) is 4.52. The van der Waals surface area contributed by atoms with Crippen LogP contribution in [0.4, 0.5) is 10.1 Å². The summed E-state index contributed by atoms with van der Waals surface area (Å²) in [5, 5.41) is 6.50. The molecule has 1 aliphatic heterocycles. The van der Waals surface area contributed by atoms with Crippen molar-refractivity contribution in [1.82, 2.24) is 10.2 Å². The molecule has 0 fully saturated rings. The molecule has 2 aromatic rings. The number of thiocarbonyl (C=S) groups is 1. The van der Waals surface area contributed by atoms with Crippen LogP contribution in [0.1, 0.15) is 17.5 Å². The normalized spacial score (nSPS) is 14.0. The maximum atomic E-state index is 13.5. The first-order valence-electron chi connectivity index (χ1n) is 8.31. The monoisotopic (exact) mass is 343 g/mol. The molecule has 0 aliphatic carbocycles. The van der Waals surface area contributed by atoms with Gasteiger partial charge in [-0.2, -0.15) is 0 Å². The minimum atomic E-state index is -0.298. The van der Waals surface area contributed by atoms with E-state index in [4.69, 9.17) is 12.2 Å². The van der Waals surface area contributed by atoms with Crippen molar-refractivity contribution in [2.45, 2.75) is 19.4 Å². The van der Waals surface area contributed by atoms with Crippen LogP contribution in [-0.4, -0.2) is 29.6 Å². The second-order valence-electron chi connectivity index (χ2n) is 6.01. The van der Waals surface area contributed by atoms with Gasteiger partial charge in [0, 0.05) is 26.2 Å². The first-order chi connectivity index (χ1) is 11.7. The summed E-state index contributed by atoms with van der Waals surface area (Å²) in [5.74, 6) is -0.298. The van der Waals surface area contributed by atoms with Crippen LogP contribution in [0.25, 0.3) is 0 Å². The van der Waals surface area contributed by atoms with Crippen LogP contribution < -0.4 is 10.6 Å². The molecule has 0 saturated heterocycles. The highest BCUT2D eigenvalue weighted by Gasteiger charge is 2.14. The summed E-state index contributed by atoms with van der Waals surface area (Å²) in [6.07, 6.45) is 2.12. The van der Waals surface area contributed by atoms with Gasteiger partial charge in [0.05, 0.1) is 5.69 Å². The molecule has 0 saturated carbocycles. The number of nitrogens with zero attached hydrogens (tertiary/aromatic N) is 1. The Kier molecular flexibility index (Phi) is 5.77. The number of hydrogen-bond acceptors (Lipinski definition) is 2. The van der Waals surface area contributed by atoms with Crippen molar-refractivity contribution in [2.75, 3.05) is 25.0 Å². The number of rotatable bonds is 5. The molecule has 0 spiro atoms. The summed E-state index contributed by atoms with van der Waals surface area (Å²) < 4.78 is 13.5. The molecule has 0 unspecified atom stereocenters. The number of fused-ring (bicyclic) bond motifs is 1. The third-order valence-electron chi connectivity index (χ3n) is 4.27. The fourth-order valence-electron chi connectivity index (χ4n) is 2.98. The third-order valence-corrected chi connectivity index (χ3v) is 4.51. The maximum absolute atomic E-state index is 13.5. The zero-order chi connectivity index (χ0) is 16.8. The molecular formula is C19H22FN3S. The van der Waals surface area contributed by atoms with Gasteiger partial charge in [0.15, 0.2) is 5.11 Å². The zero-order valence-electron chi connectivity index (χ0n) is 13.6. The Balaban J connectivity index is 1.37. The lowest BCUT2D eigenvalue weighted by atomic mass is 10.00. The molecule has 0 radical (unpaired) electrons. The van der Waals surface area contributed by atoms with E-state index in [2.05, 4.69) is 39.8 Å². The van der Waals surface area contributed by atoms with Crippen LogP contribution in [0, 0.1) is 5.82 Å². The second kappa shape index (κ2) is 8.22. The Morgan fingerprint density at radius 2 is 1.83 bits per heavy atom. The summed E-state index contributed by atoms with van der Waals surface area (Å²) in [6, 6.07) is 15.2. The van der Waals surface area contributed by atoms with Crippen LogP contribution in [0.3, 0.4) is 0 Å². The van der Waals surface area contributed by atoms with Gasteiger partial charge in [-0.25, -0.2) is 4.39 Å². The van der Waals surface area contributed by atoms with E-state index in [0.717, 1.165) is 39.0 Å². The van der Waals surface area contributed by atoms with E-state index in [1.165, 1.54) is 17.2 Å². The Bertz CT molecular complexity index is 705. The van der Waals surface area contributed by atoms with E-state index in [9.17, 15) is 4.39 Å². The minimum absolute atomic E-state index is 0.298. The van der Waals surface area contributed by atoms with E-state index in [1.54, 1.807) is 18.2 Å². The molecule has 126 valence electrons. The summed E-state index contributed by atoms with van der Waals surface area (Å²) >= 11 is 5.22. The Labute approximate surface area is 147 Å². The SMILES string of the molecule is Fc1ccccc1NC(=S)NCCCN1CCc2ccccc2C1. The summed E-state index contributed by atoms with van der Waals surface area (Å²) in [4.78, 5) is 2.47. The predicted molar refractivity (Wildman–Crippen MR) is 101 cm³/mol. The average Bonchev–Trinajstić information content (AvgIpc) is 2.60. The number of anilines is 1. The molecular weight excluding hydrogens is 321 g/mol. The Morgan fingerprint density at radius 3 is 2.67 bits per heavy atom. The van der Waals surface area contributed by atoms with Gasteiger partial charge in [-0.05, 0) is 48.3 Å². The minimum Gasteiger partial charge on any atom is -0.362 e. The Hall–Kier alpha value is -1.98. The van der Waals surface area contributed by atoms with Gasteiger partial charge in [0.25, 0.3) is 0 Å². The molecule has 1 aliphatic rings. The standard InChI is InChI=1S/C19H22FN3S/c20-17-8-3-4-9-18(17)22-19(24)21-11-5-12-23-13-10-15-6-1-2-7-16(15)14-23/h1-4,6-9H,5,10-14H2,(H2,21,22,24). The van der Waals surface area contributed by atoms with Gasteiger partial charge in [-0.3, -0.25) is 4.90 Å². The zero-order valence-corrected chi connectivity index (χ0v) is 14.4. The average molecular weight is 343 g/mol. The lowest BCUT2D eigenvalue weighted by Gasteiger charge is -2.28. The molecule has 2 aromatic carbocycles. The lowest BCUT2D eigenvalue weighted by molar-refractivity contribution is 0.251. The van der Waals surface area contributed by atoms with E-state index < -0.39 is 0 Å². The van der Waals surface area contributed by atoms with E-state index in [-0.39, 0.29) is 5.82 Å². The van der Waals surface area contributed by atoms with Crippen molar-refractivity contribution in [1.29, 1.82) is 0 Å². The largest absolute Gasteiger partial charge is 0.362 e. The molecule has 3 rings (SSSR count). The van der Waals surface area contributed by atoms with Crippen molar-refractivity contribution in [3.63, 3.8) is 0 Å². The Morgan fingerprint density at radius 1 is 1.08 bits per heavy atom. The molecule has 0 atom stereocenters. The van der Waals surface area contributed by atoms with Crippen LogP contribution in [-0.2, 0) is 13.0 Å². The number of hydrogen-bond donors (Lipinski definition) is 2. The highest BCUT2D eigenvalue weighted by molar-refractivity contribution is 7.80. The fourth-order valence-corrected chi connectivity index (χ4v) is 3.19. The molecule has 0 amide bonds. The molecule has 0 bridgehead atoms. The van der Waals surface area contributed by atoms with Gasteiger partial charge in [0.2, 0.25) is 0 Å². The first kappa shape index (κ1) is 16.9. The number of para-hydroxylation sites is 1. The summed E-state index contributed by atoms with van der Waals surface area (Å²) in [6.45, 7) is 3.94. The molecule has 24 heavy (non-hydrogen) atoms. The lowest BCUT2D eigenvalue weighted by Crippen LogP contribution is -2.34. The molecule has 1 heterocycles. The highest BCUT2D eigenvalue weighted by Crippen LogP contribution is 2.18. The van der Waals surface area contributed by atoms with E-state index in [1.807, 2.05) is 0 Å². The second-order valence-corrected chi connectivity index (χ2v) is 6.42. The molecule has 0 aromatic heterocycles. The number of halogens is 1. The van der Waals surface area contributed by atoms with Gasteiger partial charge >= 0.3 is 0 Å². The van der Waals surface area contributed by atoms with Gasteiger partial charge in [-0.15, -0.1) is 0 Å². The van der Waals surface area contributed by atoms with Crippen LogP contribution in [0.5, 0.6) is 0 Å². The topological polar surface area (TPSA) is 27.3 Å². The maximum Gasteiger partial charge on any atom is 0.170 e. The van der Waals surface area contributed by atoms with Crippen molar-refractivity contribution in [3.8, 4) is 0 Å². The van der Waals surface area contributed by atoms with Crippen LogP contribution >= 0.6 is 12.2 Å². The van der Waals surface area contributed by atoms with Crippen LogP contribution in [0.2, 0.25) is 0 Å². The fraction of sp³-hybridized carbons (Fsp3) is 0.316.